The highest BCUT2D eigenvalue weighted by atomic mass is 16.6. The molecule has 0 aromatic heterocycles. The van der Waals surface area contributed by atoms with E-state index >= 15 is 0 Å². The Morgan fingerprint density at radius 3 is 2.46 bits per heavy atom. The van der Waals surface area contributed by atoms with Gasteiger partial charge in [-0.15, -0.1) is 0 Å². The van der Waals surface area contributed by atoms with Gasteiger partial charge in [0.15, 0.2) is 5.78 Å². The minimum absolute atomic E-state index is 0.0293. The van der Waals surface area contributed by atoms with E-state index in [4.69, 9.17) is 32.6 Å². The Morgan fingerprint density at radius 2 is 1.92 bits per heavy atom. The normalized spacial score (nSPS) is 19.1. The van der Waals surface area contributed by atoms with Crippen molar-refractivity contribution in [2.75, 3.05) is 0 Å². The van der Waals surface area contributed by atoms with Gasteiger partial charge in [0.1, 0.15) is 18.0 Å². The second-order valence-electron chi connectivity index (χ2n) is 5.52. The lowest BCUT2D eigenvalue weighted by Gasteiger charge is -2.16. The Bertz CT molecular complexity index is 686. The number of hydrogen-bond acceptors (Lipinski definition) is 7. The molecule has 0 amide bonds. The number of aliphatic carboxylic acids is 1. The average molecular weight is 333 g/mol. The third kappa shape index (κ3) is 3.94. The van der Waals surface area contributed by atoms with Crippen LogP contribution in [0.4, 0.5) is 0 Å². The second kappa shape index (κ2) is 7.20. The second-order valence-corrected chi connectivity index (χ2v) is 5.52. The maximum Gasteiger partial charge on any atom is 0.322 e. The Labute approximate surface area is 137 Å². The van der Waals surface area contributed by atoms with Crippen LogP contribution in [0.15, 0.2) is 29.4 Å². The first kappa shape index (κ1) is 17.6. The van der Waals surface area contributed by atoms with Crippen molar-refractivity contribution in [2.45, 2.75) is 31.0 Å². The number of carbonyl (C=O) groups excluding carboxylic acids is 1. The SMILES string of the molecule is N=C(N)c1ccc(C2=NOC(CC(=O)C(N)[C@H](N)C(=O)O)C2)cc1. The van der Waals surface area contributed by atoms with Gasteiger partial charge < -0.3 is 27.1 Å². The number of carboxylic acid groups (broad SMARTS) is 1. The number of nitrogens with two attached hydrogens (primary N) is 3. The van der Waals surface area contributed by atoms with Crippen molar-refractivity contribution >= 4 is 23.3 Å². The maximum atomic E-state index is 12.0. The quantitative estimate of drug-likeness (QED) is 0.319. The molecular formula is C15H19N5O4. The molecule has 1 aromatic rings. The fraction of sp³-hybridized carbons (Fsp3) is 0.333. The summed E-state index contributed by atoms with van der Waals surface area (Å²) in [6, 6.07) is 4.18. The van der Waals surface area contributed by atoms with E-state index in [0.717, 1.165) is 5.56 Å². The summed E-state index contributed by atoms with van der Waals surface area (Å²) in [5.41, 5.74) is 18.3. The number of ketones is 1. The van der Waals surface area contributed by atoms with Crippen LogP contribution in [0.1, 0.15) is 24.0 Å². The number of nitrogen functional groups attached to an aromatic ring is 1. The first-order valence-electron chi connectivity index (χ1n) is 7.23. The molecule has 1 heterocycles. The van der Waals surface area contributed by atoms with E-state index in [-0.39, 0.29) is 12.3 Å². The molecule has 1 aromatic carbocycles. The van der Waals surface area contributed by atoms with E-state index in [1.807, 2.05) is 0 Å². The van der Waals surface area contributed by atoms with Gasteiger partial charge in [0, 0.05) is 18.4 Å². The van der Waals surface area contributed by atoms with Crippen molar-refractivity contribution in [3.05, 3.63) is 35.4 Å². The minimum Gasteiger partial charge on any atom is -0.480 e. The molecule has 0 bridgehead atoms. The van der Waals surface area contributed by atoms with Crippen LogP contribution in [0.2, 0.25) is 0 Å². The van der Waals surface area contributed by atoms with E-state index in [0.29, 0.717) is 17.7 Å². The number of nitrogens with zero attached hydrogens (tertiary/aromatic N) is 1. The van der Waals surface area contributed by atoms with Crippen LogP contribution in [-0.4, -0.2) is 46.6 Å². The van der Waals surface area contributed by atoms with Gasteiger partial charge in [0.05, 0.1) is 11.8 Å². The summed E-state index contributed by atoms with van der Waals surface area (Å²) in [6.07, 6.45) is -0.187. The summed E-state index contributed by atoms with van der Waals surface area (Å²) < 4.78 is 0. The minimum atomic E-state index is -1.45. The van der Waals surface area contributed by atoms with Crippen LogP contribution in [0, 0.1) is 5.41 Å². The maximum absolute atomic E-state index is 12.0. The zero-order valence-electron chi connectivity index (χ0n) is 12.8. The third-order valence-electron chi connectivity index (χ3n) is 3.73. The lowest BCUT2D eigenvalue weighted by atomic mass is 9.97. The molecule has 0 saturated heterocycles. The van der Waals surface area contributed by atoms with Crippen molar-refractivity contribution in [2.24, 2.45) is 22.4 Å². The van der Waals surface area contributed by atoms with Gasteiger partial charge in [-0.25, -0.2) is 0 Å². The fourth-order valence-electron chi connectivity index (χ4n) is 2.26. The molecule has 9 heteroatoms. The molecule has 0 radical (unpaired) electrons. The third-order valence-corrected chi connectivity index (χ3v) is 3.73. The molecule has 0 saturated carbocycles. The zero-order chi connectivity index (χ0) is 17.9. The number of oxime groups is 1. The molecule has 2 rings (SSSR count). The largest absolute Gasteiger partial charge is 0.480 e. The van der Waals surface area contributed by atoms with Crippen LogP contribution < -0.4 is 17.2 Å². The summed E-state index contributed by atoms with van der Waals surface area (Å²) >= 11 is 0. The molecule has 128 valence electrons. The summed E-state index contributed by atoms with van der Waals surface area (Å²) in [4.78, 5) is 27.9. The fourth-order valence-corrected chi connectivity index (χ4v) is 2.26. The number of hydrogen-bond donors (Lipinski definition) is 5. The summed E-state index contributed by atoms with van der Waals surface area (Å²) in [5, 5.41) is 20.1. The van der Waals surface area contributed by atoms with Crippen molar-refractivity contribution in [3.63, 3.8) is 0 Å². The standard InChI is InChI=1S/C15H19N5O4/c16-12(13(17)15(22)23)11(21)6-9-5-10(20-24-9)7-1-3-8(4-2-7)14(18)19/h1-4,9,12-13H,5-6,16-17H2,(H3,18,19)(H,22,23)/t9?,12?,13-/m0/s1. The first-order chi connectivity index (χ1) is 11.3. The van der Waals surface area contributed by atoms with Crippen LogP contribution >= 0.6 is 0 Å². The summed E-state index contributed by atoms with van der Waals surface area (Å²) in [5.74, 6) is -1.85. The number of benzene rings is 1. The number of amidine groups is 1. The molecule has 9 nitrogen and oxygen atoms in total. The van der Waals surface area contributed by atoms with Crippen LogP contribution in [0.3, 0.4) is 0 Å². The smallest absolute Gasteiger partial charge is 0.322 e. The number of carboxylic acids is 1. The Kier molecular flexibility index (Phi) is 5.27. The van der Waals surface area contributed by atoms with E-state index in [1.54, 1.807) is 24.3 Å². The van der Waals surface area contributed by atoms with E-state index in [1.165, 1.54) is 0 Å². The predicted molar refractivity (Wildman–Crippen MR) is 86.7 cm³/mol. The van der Waals surface area contributed by atoms with Gasteiger partial charge in [-0.2, -0.15) is 0 Å². The number of carbonyl (C=O) groups is 2. The molecule has 24 heavy (non-hydrogen) atoms. The van der Waals surface area contributed by atoms with Gasteiger partial charge in [0.25, 0.3) is 0 Å². The average Bonchev–Trinajstić information content (AvgIpc) is 3.01. The molecule has 2 unspecified atom stereocenters. The molecule has 1 aliphatic rings. The van der Waals surface area contributed by atoms with Gasteiger partial charge in [-0.1, -0.05) is 29.4 Å². The van der Waals surface area contributed by atoms with Crippen LogP contribution in [0.25, 0.3) is 0 Å². The topological polar surface area (TPSA) is 178 Å². The Morgan fingerprint density at radius 1 is 1.29 bits per heavy atom. The molecule has 0 spiro atoms. The number of rotatable bonds is 7. The highest BCUT2D eigenvalue weighted by Crippen LogP contribution is 2.20. The summed E-state index contributed by atoms with van der Waals surface area (Å²) in [7, 11) is 0. The number of nitrogens with one attached hydrogen (secondary N) is 1. The van der Waals surface area contributed by atoms with Crippen molar-refractivity contribution in [3.8, 4) is 0 Å². The zero-order valence-corrected chi connectivity index (χ0v) is 12.8. The lowest BCUT2D eigenvalue weighted by molar-refractivity contribution is -0.141. The first-order valence-corrected chi connectivity index (χ1v) is 7.23. The van der Waals surface area contributed by atoms with Crippen molar-refractivity contribution < 1.29 is 19.5 Å². The predicted octanol–water partition coefficient (Wildman–Crippen LogP) is -0.838. The highest BCUT2D eigenvalue weighted by Gasteiger charge is 2.31. The Hall–Kier alpha value is -2.78. The van der Waals surface area contributed by atoms with Gasteiger partial charge >= 0.3 is 5.97 Å². The molecule has 8 N–H and O–H groups in total. The molecular weight excluding hydrogens is 314 g/mol. The van der Waals surface area contributed by atoms with Gasteiger partial charge in [-0.3, -0.25) is 15.0 Å². The highest BCUT2D eigenvalue weighted by molar-refractivity contribution is 6.03. The monoisotopic (exact) mass is 333 g/mol. The van der Waals surface area contributed by atoms with Gasteiger partial charge in [-0.05, 0) is 5.56 Å². The van der Waals surface area contributed by atoms with E-state index in [2.05, 4.69) is 5.16 Å². The Balaban J connectivity index is 1.93. The van der Waals surface area contributed by atoms with Gasteiger partial charge in [0.2, 0.25) is 0 Å². The molecule has 0 aliphatic carbocycles. The summed E-state index contributed by atoms with van der Waals surface area (Å²) in [6.45, 7) is 0. The van der Waals surface area contributed by atoms with Crippen molar-refractivity contribution in [1.29, 1.82) is 5.41 Å². The number of Topliss-reactive ketones (excluding diaryl/α,β-unsaturated/α-hetero) is 1. The van der Waals surface area contributed by atoms with E-state index in [9.17, 15) is 9.59 Å². The van der Waals surface area contributed by atoms with Crippen molar-refractivity contribution in [1.82, 2.24) is 0 Å². The van der Waals surface area contributed by atoms with E-state index < -0.39 is 29.9 Å². The van der Waals surface area contributed by atoms with Crippen LogP contribution in [0.5, 0.6) is 0 Å². The molecule has 3 atom stereocenters. The van der Waals surface area contributed by atoms with Crippen LogP contribution in [-0.2, 0) is 14.4 Å². The molecule has 1 aliphatic heterocycles. The lowest BCUT2D eigenvalue weighted by Crippen LogP contribution is -2.52. The molecule has 0 fully saturated rings.